The number of hydrogen-bond donors (Lipinski definition) is 1. The maximum atomic E-state index is 3.80. The van der Waals surface area contributed by atoms with Gasteiger partial charge in [-0.1, -0.05) is 6.08 Å². The van der Waals surface area contributed by atoms with Crippen molar-refractivity contribution in [3.05, 3.63) is 12.7 Å². The molecule has 68 valence electrons. The van der Waals surface area contributed by atoms with Crippen molar-refractivity contribution in [2.75, 3.05) is 26.2 Å². The van der Waals surface area contributed by atoms with E-state index < -0.39 is 0 Å². The van der Waals surface area contributed by atoms with Crippen molar-refractivity contribution < 1.29 is 0 Å². The Bertz CT molecular complexity index is 159. The van der Waals surface area contributed by atoms with E-state index in [1.807, 2.05) is 6.08 Å². The number of nitrogens with one attached hydrogen (secondary N) is 1. The first-order valence-corrected chi connectivity index (χ1v) is 4.96. The average molecular weight is 166 g/mol. The van der Waals surface area contributed by atoms with Gasteiger partial charge < -0.3 is 5.32 Å². The molecule has 2 aliphatic rings. The summed E-state index contributed by atoms with van der Waals surface area (Å²) >= 11 is 0. The first-order valence-electron chi connectivity index (χ1n) is 4.96. The fourth-order valence-corrected chi connectivity index (χ4v) is 1.79. The third-order valence-electron chi connectivity index (χ3n) is 2.79. The van der Waals surface area contributed by atoms with Gasteiger partial charge >= 0.3 is 0 Å². The maximum absolute atomic E-state index is 3.80. The van der Waals surface area contributed by atoms with E-state index in [1.165, 1.54) is 32.5 Å². The molecule has 0 spiro atoms. The van der Waals surface area contributed by atoms with Crippen LogP contribution in [0.25, 0.3) is 0 Å². The molecule has 0 aromatic carbocycles. The van der Waals surface area contributed by atoms with Gasteiger partial charge in [0.25, 0.3) is 0 Å². The zero-order chi connectivity index (χ0) is 8.39. The highest BCUT2D eigenvalue weighted by Gasteiger charge is 2.30. The standard InChI is InChI=1S/C10H18N2/c1-2-5-12(10-3-4-10)8-9-6-11-7-9/h2,9-11H,1,3-8H2. The van der Waals surface area contributed by atoms with E-state index in [9.17, 15) is 0 Å². The highest BCUT2D eigenvalue weighted by atomic mass is 15.2. The Hall–Kier alpha value is -0.340. The van der Waals surface area contributed by atoms with Crippen LogP contribution in [0.5, 0.6) is 0 Å². The minimum absolute atomic E-state index is 0.892. The molecule has 1 saturated heterocycles. The summed E-state index contributed by atoms with van der Waals surface area (Å²) in [7, 11) is 0. The fourth-order valence-electron chi connectivity index (χ4n) is 1.79. The molecule has 1 aliphatic carbocycles. The van der Waals surface area contributed by atoms with E-state index in [2.05, 4.69) is 16.8 Å². The average Bonchev–Trinajstić information content (AvgIpc) is 2.76. The minimum Gasteiger partial charge on any atom is -0.316 e. The smallest absolute Gasteiger partial charge is 0.0163 e. The van der Waals surface area contributed by atoms with Gasteiger partial charge in [0, 0.05) is 32.2 Å². The predicted molar refractivity (Wildman–Crippen MR) is 51.2 cm³/mol. The summed E-state index contributed by atoms with van der Waals surface area (Å²) in [4.78, 5) is 2.58. The number of nitrogens with zero attached hydrogens (tertiary/aromatic N) is 1. The van der Waals surface area contributed by atoms with E-state index in [0.717, 1.165) is 18.5 Å². The first-order chi connectivity index (χ1) is 5.90. The van der Waals surface area contributed by atoms with Gasteiger partial charge in [-0.3, -0.25) is 4.90 Å². The van der Waals surface area contributed by atoms with Crippen molar-refractivity contribution in [2.24, 2.45) is 5.92 Å². The maximum Gasteiger partial charge on any atom is 0.0163 e. The number of rotatable bonds is 5. The van der Waals surface area contributed by atoms with Crippen LogP contribution in [-0.4, -0.2) is 37.1 Å². The quantitative estimate of drug-likeness (QED) is 0.609. The monoisotopic (exact) mass is 166 g/mol. The van der Waals surface area contributed by atoms with Gasteiger partial charge in [-0.15, -0.1) is 6.58 Å². The van der Waals surface area contributed by atoms with Crippen LogP contribution in [0.2, 0.25) is 0 Å². The number of hydrogen-bond acceptors (Lipinski definition) is 2. The van der Waals surface area contributed by atoms with Crippen LogP contribution in [0.15, 0.2) is 12.7 Å². The zero-order valence-corrected chi connectivity index (χ0v) is 7.63. The molecule has 0 aromatic heterocycles. The molecule has 1 aliphatic heterocycles. The Kier molecular flexibility index (Phi) is 2.47. The van der Waals surface area contributed by atoms with Gasteiger partial charge in [0.1, 0.15) is 0 Å². The third kappa shape index (κ3) is 1.87. The zero-order valence-electron chi connectivity index (χ0n) is 7.63. The third-order valence-corrected chi connectivity index (χ3v) is 2.79. The predicted octanol–water partition coefficient (Wildman–Crippen LogP) is 0.856. The largest absolute Gasteiger partial charge is 0.316 e. The fraction of sp³-hybridized carbons (Fsp3) is 0.800. The summed E-state index contributed by atoms with van der Waals surface area (Å²) in [6.45, 7) is 8.62. The lowest BCUT2D eigenvalue weighted by molar-refractivity contribution is 0.200. The Labute approximate surface area is 74.6 Å². The van der Waals surface area contributed by atoms with Crippen molar-refractivity contribution in [3.63, 3.8) is 0 Å². The Balaban J connectivity index is 1.74. The lowest BCUT2D eigenvalue weighted by Crippen LogP contribution is -2.48. The minimum atomic E-state index is 0.892. The van der Waals surface area contributed by atoms with Crippen LogP contribution in [0.4, 0.5) is 0 Å². The van der Waals surface area contributed by atoms with Gasteiger partial charge in [-0.2, -0.15) is 0 Å². The molecular weight excluding hydrogens is 148 g/mol. The van der Waals surface area contributed by atoms with Crippen LogP contribution in [0, 0.1) is 5.92 Å². The Morgan fingerprint density at radius 2 is 2.17 bits per heavy atom. The molecule has 2 rings (SSSR count). The van der Waals surface area contributed by atoms with Crippen LogP contribution < -0.4 is 5.32 Å². The van der Waals surface area contributed by atoms with Gasteiger partial charge in [-0.05, 0) is 18.8 Å². The summed E-state index contributed by atoms with van der Waals surface area (Å²) < 4.78 is 0. The molecular formula is C10H18N2. The first kappa shape index (κ1) is 8.27. The van der Waals surface area contributed by atoms with Crippen molar-refractivity contribution in [1.82, 2.24) is 10.2 Å². The van der Waals surface area contributed by atoms with E-state index >= 15 is 0 Å². The summed E-state index contributed by atoms with van der Waals surface area (Å²) in [5.41, 5.74) is 0. The van der Waals surface area contributed by atoms with Crippen LogP contribution in [-0.2, 0) is 0 Å². The molecule has 1 heterocycles. The second kappa shape index (κ2) is 3.58. The molecule has 0 unspecified atom stereocenters. The van der Waals surface area contributed by atoms with E-state index in [4.69, 9.17) is 0 Å². The molecule has 2 heteroatoms. The van der Waals surface area contributed by atoms with Gasteiger partial charge in [0.2, 0.25) is 0 Å². The van der Waals surface area contributed by atoms with Crippen LogP contribution in [0.3, 0.4) is 0 Å². The lowest BCUT2D eigenvalue weighted by Gasteiger charge is -2.32. The van der Waals surface area contributed by atoms with E-state index in [1.54, 1.807) is 0 Å². The van der Waals surface area contributed by atoms with Crippen molar-refractivity contribution in [3.8, 4) is 0 Å². The summed E-state index contributed by atoms with van der Waals surface area (Å²) in [6.07, 6.45) is 4.85. The SMILES string of the molecule is C=CCN(CC1CNC1)C1CC1. The molecule has 0 atom stereocenters. The van der Waals surface area contributed by atoms with Crippen molar-refractivity contribution in [1.29, 1.82) is 0 Å². The van der Waals surface area contributed by atoms with Gasteiger partial charge in [0.05, 0.1) is 0 Å². The van der Waals surface area contributed by atoms with Crippen LogP contribution in [0.1, 0.15) is 12.8 Å². The second-order valence-electron chi connectivity index (χ2n) is 4.00. The topological polar surface area (TPSA) is 15.3 Å². The molecule has 0 amide bonds. The molecule has 1 N–H and O–H groups in total. The normalized spacial score (nSPS) is 24.1. The summed E-state index contributed by atoms with van der Waals surface area (Å²) in [6, 6.07) is 0.892. The van der Waals surface area contributed by atoms with Crippen LogP contribution >= 0.6 is 0 Å². The summed E-state index contributed by atoms with van der Waals surface area (Å²) in [5.74, 6) is 0.908. The Morgan fingerprint density at radius 3 is 2.58 bits per heavy atom. The molecule has 12 heavy (non-hydrogen) atoms. The molecule has 2 fully saturated rings. The summed E-state index contributed by atoms with van der Waals surface area (Å²) in [5, 5.41) is 3.32. The highest BCUT2D eigenvalue weighted by molar-refractivity contribution is 4.91. The molecule has 0 bridgehead atoms. The molecule has 0 radical (unpaired) electrons. The van der Waals surface area contributed by atoms with E-state index in [-0.39, 0.29) is 0 Å². The lowest BCUT2D eigenvalue weighted by atomic mass is 10.0. The molecule has 0 aromatic rings. The van der Waals surface area contributed by atoms with Crippen molar-refractivity contribution >= 4 is 0 Å². The van der Waals surface area contributed by atoms with Gasteiger partial charge in [0.15, 0.2) is 0 Å². The molecule has 2 nitrogen and oxygen atoms in total. The van der Waals surface area contributed by atoms with Crippen molar-refractivity contribution in [2.45, 2.75) is 18.9 Å². The van der Waals surface area contributed by atoms with Gasteiger partial charge in [-0.25, -0.2) is 0 Å². The second-order valence-corrected chi connectivity index (χ2v) is 4.00. The Morgan fingerprint density at radius 1 is 1.42 bits per heavy atom. The van der Waals surface area contributed by atoms with E-state index in [0.29, 0.717) is 0 Å². The molecule has 1 saturated carbocycles. The highest BCUT2D eigenvalue weighted by Crippen LogP contribution is 2.27.